The Kier molecular flexibility index (Phi) is 5.07. The summed E-state index contributed by atoms with van der Waals surface area (Å²) in [6.45, 7) is 8.83. The van der Waals surface area contributed by atoms with Gasteiger partial charge in [0.1, 0.15) is 5.75 Å². The van der Waals surface area contributed by atoms with Crippen LogP contribution in [-0.2, 0) is 6.42 Å². The summed E-state index contributed by atoms with van der Waals surface area (Å²) in [6.07, 6.45) is 2.75. The minimum absolute atomic E-state index is 0.154. The number of benzene rings is 1. The molecule has 1 aromatic rings. The smallest absolute Gasteiger partial charge is 0.122 e. The molecule has 0 aromatic heterocycles. The highest BCUT2D eigenvalue weighted by Gasteiger charge is 2.17. The van der Waals surface area contributed by atoms with Crippen molar-refractivity contribution < 1.29 is 4.74 Å². The van der Waals surface area contributed by atoms with Gasteiger partial charge in [0.25, 0.3) is 0 Å². The number of rotatable bonds is 6. The molecule has 0 radical (unpaired) electrons. The Balaban J connectivity index is 2.69. The van der Waals surface area contributed by atoms with E-state index in [-0.39, 0.29) is 5.41 Å². The number of alkyl halides is 1. The molecule has 1 rings (SSSR count). The molecule has 88 valence electrons. The van der Waals surface area contributed by atoms with Gasteiger partial charge in [-0.2, -0.15) is 0 Å². The van der Waals surface area contributed by atoms with Gasteiger partial charge >= 0.3 is 0 Å². The van der Waals surface area contributed by atoms with Crippen LogP contribution in [-0.4, -0.2) is 11.9 Å². The number of ether oxygens (including phenoxy) is 1. The standard InChI is InChI=1S/C14H19BrO/c1-4-7-12-8-5-6-9-13(12)16-11-14(2,3)10-15/h4-6,8-9H,1,7,10-11H2,2-3H3. The lowest BCUT2D eigenvalue weighted by Gasteiger charge is -2.22. The van der Waals surface area contributed by atoms with Crippen molar-refractivity contribution in [1.82, 2.24) is 0 Å². The summed E-state index contributed by atoms with van der Waals surface area (Å²) in [4.78, 5) is 0. The maximum atomic E-state index is 5.87. The van der Waals surface area contributed by atoms with Gasteiger partial charge in [0.2, 0.25) is 0 Å². The second-order valence-corrected chi connectivity index (χ2v) is 5.25. The average molecular weight is 283 g/mol. The van der Waals surface area contributed by atoms with Gasteiger partial charge in [0.05, 0.1) is 6.61 Å². The van der Waals surface area contributed by atoms with E-state index in [1.54, 1.807) is 0 Å². The Bertz CT molecular complexity index is 344. The van der Waals surface area contributed by atoms with Crippen LogP contribution < -0.4 is 4.74 Å². The lowest BCUT2D eigenvalue weighted by atomic mass is 9.98. The van der Waals surface area contributed by atoms with Gasteiger partial charge in [-0.1, -0.05) is 54.1 Å². The van der Waals surface area contributed by atoms with Crippen LogP contribution in [0.1, 0.15) is 19.4 Å². The predicted octanol–water partition coefficient (Wildman–Crippen LogP) is 4.22. The summed E-state index contributed by atoms with van der Waals surface area (Å²) in [5.41, 5.74) is 1.35. The average Bonchev–Trinajstić information content (AvgIpc) is 2.28. The number of para-hydroxylation sites is 1. The zero-order valence-corrected chi connectivity index (χ0v) is 11.6. The molecule has 16 heavy (non-hydrogen) atoms. The van der Waals surface area contributed by atoms with E-state index in [1.807, 2.05) is 24.3 Å². The van der Waals surface area contributed by atoms with Crippen molar-refractivity contribution in [2.45, 2.75) is 20.3 Å². The minimum Gasteiger partial charge on any atom is -0.493 e. The van der Waals surface area contributed by atoms with Crippen LogP contribution in [0.3, 0.4) is 0 Å². The Morgan fingerprint density at radius 1 is 1.38 bits per heavy atom. The third-order valence-corrected chi connectivity index (χ3v) is 3.83. The zero-order valence-electron chi connectivity index (χ0n) is 10.0. The maximum absolute atomic E-state index is 5.87. The molecule has 0 saturated carbocycles. The number of halogens is 1. The van der Waals surface area contributed by atoms with Crippen molar-refractivity contribution in [3.8, 4) is 5.75 Å². The van der Waals surface area contributed by atoms with E-state index in [4.69, 9.17) is 4.74 Å². The summed E-state index contributed by atoms with van der Waals surface area (Å²) in [5, 5.41) is 0.934. The summed E-state index contributed by atoms with van der Waals surface area (Å²) in [5.74, 6) is 0.969. The molecule has 1 nitrogen and oxygen atoms in total. The van der Waals surface area contributed by atoms with Crippen LogP contribution >= 0.6 is 15.9 Å². The molecule has 0 atom stereocenters. The summed E-state index contributed by atoms with van der Waals surface area (Å²) in [6, 6.07) is 8.13. The van der Waals surface area contributed by atoms with Crippen LogP contribution in [0.4, 0.5) is 0 Å². The molecule has 0 fully saturated rings. The topological polar surface area (TPSA) is 9.23 Å². The SMILES string of the molecule is C=CCc1ccccc1OCC(C)(C)CBr. The van der Waals surface area contributed by atoms with Crippen LogP contribution in [0.25, 0.3) is 0 Å². The first-order valence-corrected chi connectivity index (χ1v) is 6.59. The first-order chi connectivity index (χ1) is 7.59. The number of allylic oxidation sites excluding steroid dienone is 1. The Labute approximate surface area is 107 Å². The van der Waals surface area contributed by atoms with E-state index in [9.17, 15) is 0 Å². The van der Waals surface area contributed by atoms with Crippen molar-refractivity contribution in [3.63, 3.8) is 0 Å². The molecular formula is C14H19BrO. The molecule has 0 N–H and O–H groups in total. The van der Waals surface area contributed by atoms with Crippen LogP contribution in [0.15, 0.2) is 36.9 Å². The Morgan fingerprint density at radius 3 is 2.69 bits per heavy atom. The first kappa shape index (κ1) is 13.3. The maximum Gasteiger partial charge on any atom is 0.122 e. The fourth-order valence-electron chi connectivity index (χ4n) is 1.28. The van der Waals surface area contributed by atoms with Crippen molar-refractivity contribution in [3.05, 3.63) is 42.5 Å². The van der Waals surface area contributed by atoms with Gasteiger partial charge in [0, 0.05) is 10.7 Å². The monoisotopic (exact) mass is 282 g/mol. The van der Waals surface area contributed by atoms with E-state index in [2.05, 4.69) is 42.4 Å². The van der Waals surface area contributed by atoms with E-state index < -0.39 is 0 Å². The highest BCUT2D eigenvalue weighted by molar-refractivity contribution is 9.09. The highest BCUT2D eigenvalue weighted by atomic mass is 79.9. The molecule has 0 aliphatic rings. The second kappa shape index (κ2) is 6.09. The van der Waals surface area contributed by atoms with Crippen LogP contribution in [0, 0.1) is 5.41 Å². The molecule has 1 aromatic carbocycles. The molecule has 0 saturated heterocycles. The number of hydrogen-bond acceptors (Lipinski definition) is 1. The van der Waals surface area contributed by atoms with Gasteiger partial charge in [-0.05, 0) is 18.1 Å². The quantitative estimate of drug-likeness (QED) is 0.561. The van der Waals surface area contributed by atoms with E-state index >= 15 is 0 Å². The fraction of sp³-hybridized carbons (Fsp3) is 0.429. The minimum atomic E-state index is 0.154. The van der Waals surface area contributed by atoms with Gasteiger partial charge < -0.3 is 4.74 Å². The van der Waals surface area contributed by atoms with E-state index in [1.165, 1.54) is 5.56 Å². The molecule has 0 spiro atoms. The first-order valence-electron chi connectivity index (χ1n) is 5.46. The molecule has 0 unspecified atom stereocenters. The normalized spacial score (nSPS) is 11.2. The molecular weight excluding hydrogens is 264 g/mol. The highest BCUT2D eigenvalue weighted by Crippen LogP contribution is 2.23. The molecule has 0 aliphatic carbocycles. The molecule has 0 bridgehead atoms. The van der Waals surface area contributed by atoms with Crippen molar-refractivity contribution in [1.29, 1.82) is 0 Å². The predicted molar refractivity (Wildman–Crippen MR) is 73.4 cm³/mol. The van der Waals surface area contributed by atoms with Crippen molar-refractivity contribution >= 4 is 15.9 Å². The molecule has 0 heterocycles. The summed E-state index contributed by atoms with van der Waals surface area (Å²) >= 11 is 3.50. The van der Waals surface area contributed by atoms with Gasteiger partial charge in [0.15, 0.2) is 0 Å². The number of hydrogen-bond donors (Lipinski definition) is 0. The summed E-state index contributed by atoms with van der Waals surface area (Å²) in [7, 11) is 0. The van der Waals surface area contributed by atoms with Gasteiger partial charge in [-0.3, -0.25) is 0 Å². The lowest BCUT2D eigenvalue weighted by molar-refractivity contribution is 0.202. The van der Waals surface area contributed by atoms with E-state index in [0.717, 1.165) is 17.5 Å². The molecule has 0 aliphatic heterocycles. The van der Waals surface area contributed by atoms with Crippen LogP contribution in [0.5, 0.6) is 5.75 Å². The Hall–Kier alpha value is -0.760. The zero-order chi connectivity index (χ0) is 12.0. The van der Waals surface area contributed by atoms with Crippen LogP contribution in [0.2, 0.25) is 0 Å². The molecule has 2 heteroatoms. The molecule has 0 amide bonds. The van der Waals surface area contributed by atoms with Crippen molar-refractivity contribution in [2.24, 2.45) is 5.41 Å². The third-order valence-electron chi connectivity index (χ3n) is 2.32. The third kappa shape index (κ3) is 4.01. The fourth-order valence-corrected chi connectivity index (χ4v) is 1.44. The lowest BCUT2D eigenvalue weighted by Crippen LogP contribution is -2.23. The largest absolute Gasteiger partial charge is 0.493 e. The second-order valence-electron chi connectivity index (χ2n) is 4.69. The van der Waals surface area contributed by atoms with Crippen molar-refractivity contribution in [2.75, 3.05) is 11.9 Å². The Morgan fingerprint density at radius 2 is 2.06 bits per heavy atom. The van der Waals surface area contributed by atoms with E-state index in [0.29, 0.717) is 6.61 Å². The van der Waals surface area contributed by atoms with Gasteiger partial charge in [-0.25, -0.2) is 0 Å². The van der Waals surface area contributed by atoms with Gasteiger partial charge in [-0.15, -0.1) is 6.58 Å². The summed E-state index contributed by atoms with van der Waals surface area (Å²) < 4.78 is 5.87.